The number of halogens is 3. The largest absolute Gasteiger partial charge is 1.00 e. The maximum absolute atomic E-state index is 14.7. The molecule has 0 aliphatic heterocycles. The number of carboxylic acid groups (broad SMARTS) is 1. The molecule has 3 aromatic rings. The van der Waals surface area contributed by atoms with Crippen LogP contribution in [-0.2, 0) is 7.05 Å². The fraction of sp³-hybridized carbons (Fsp3) is 0.0667. The fourth-order valence-electron chi connectivity index (χ4n) is 2.13. The van der Waals surface area contributed by atoms with Crippen LogP contribution in [0, 0.1) is 5.82 Å². The molecule has 0 aliphatic carbocycles. The molecular formula is C15H8BrClFN2NaO3. The van der Waals surface area contributed by atoms with Crippen LogP contribution in [0.4, 0.5) is 4.39 Å². The molecule has 118 valence electrons. The van der Waals surface area contributed by atoms with Gasteiger partial charge >= 0.3 is 29.6 Å². The van der Waals surface area contributed by atoms with Crippen LogP contribution in [0.15, 0.2) is 35.1 Å². The first-order valence-corrected chi connectivity index (χ1v) is 7.53. The SMILES string of the molecule is Cn1cnc2c(F)c(Oc3ccc(Br)cc3Cl)c(C(=O)[O-])cc21.[Na+]. The van der Waals surface area contributed by atoms with E-state index in [4.69, 9.17) is 16.3 Å². The van der Waals surface area contributed by atoms with Gasteiger partial charge < -0.3 is 19.2 Å². The van der Waals surface area contributed by atoms with E-state index in [1.165, 1.54) is 23.0 Å². The number of benzene rings is 2. The average molecular weight is 422 g/mol. The van der Waals surface area contributed by atoms with Crippen molar-refractivity contribution in [2.45, 2.75) is 0 Å². The minimum absolute atomic E-state index is 0. The number of nitrogens with zero attached hydrogens (tertiary/aromatic N) is 2. The minimum atomic E-state index is -1.56. The van der Waals surface area contributed by atoms with Gasteiger partial charge in [0.2, 0.25) is 0 Å². The van der Waals surface area contributed by atoms with Crippen LogP contribution < -0.4 is 39.4 Å². The number of carbonyl (C=O) groups excluding carboxylic acids is 1. The van der Waals surface area contributed by atoms with Crippen LogP contribution in [-0.4, -0.2) is 15.5 Å². The van der Waals surface area contributed by atoms with Gasteiger partial charge in [-0.05, 0) is 24.3 Å². The predicted octanol–water partition coefficient (Wildman–Crippen LogP) is 0.288. The summed E-state index contributed by atoms with van der Waals surface area (Å²) in [7, 11) is 1.62. The molecule has 0 aliphatic rings. The molecule has 24 heavy (non-hydrogen) atoms. The minimum Gasteiger partial charge on any atom is -0.545 e. The molecule has 0 spiro atoms. The Kier molecular flexibility index (Phi) is 5.93. The van der Waals surface area contributed by atoms with Crippen molar-refractivity contribution in [3.05, 3.63) is 51.5 Å². The van der Waals surface area contributed by atoms with E-state index >= 15 is 0 Å². The summed E-state index contributed by atoms with van der Waals surface area (Å²) in [5, 5.41) is 11.6. The van der Waals surface area contributed by atoms with E-state index in [9.17, 15) is 14.3 Å². The van der Waals surface area contributed by atoms with Gasteiger partial charge in [-0.1, -0.05) is 27.5 Å². The Balaban J connectivity index is 0.00000208. The number of aryl methyl sites for hydroxylation is 1. The maximum atomic E-state index is 14.7. The zero-order valence-corrected chi connectivity index (χ0v) is 17.0. The van der Waals surface area contributed by atoms with E-state index in [2.05, 4.69) is 20.9 Å². The van der Waals surface area contributed by atoms with Crippen LogP contribution in [0.5, 0.6) is 11.5 Å². The number of fused-ring (bicyclic) bond motifs is 1. The van der Waals surface area contributed by atoms with Crippen LogP contribution in [0.25, 0.3) is 11.0 Å². The standard InChI is InChI=1S/C15H9BrClFN2O3.Na/c1-20-6-19-13-10(20)5-8(15(21)22)14(12(13)18)23-11-3-2-7(16)4-9(11)17;/h2-6H,1H3,(H,21,22);/q;+1/p-1. The van der Waals surface area contributed by atoms with Gasteiger partial charge in [-0.25, -0.2) is 9.37 Å². The molecule has 0 radical (unpaired) electrons. The number of aromatic nitrogens is 2. The van der Waals surface area contributed by atoms with E-state index in [1.807, 2.05) is 0 Å². The average Bonchev–Trinajstić information content (AvgIpc) is 2.85. The quantitative estimate of drug-likeness (QED) is 0.570. The molecule has 0 bridgehead atoms. The Morgan fingerprint density at radius 2 is 2.12 bits per heavy atom. The second-order valence-corrected chi connectivity index (χ2v) is 6.08. The smallest absolute Gasteiger partial charge is 0.545 e. The van der Waals surface area contributed by atoms with Crippen LogP contribution in [0.1, 0.15) is 10.4 Å². The molecule has 9 heteroatoms. The number of imidazole rings is 1. The van der Waals surface area contributed by atoms with Gasteiger partial charge in [0.05, 0.1) is 22.8 Å². The van der Waals surface area contributed by atoms with E-state index < -0.39 is 23.1 Å². The molecule has 0 atom stereocenters. The molecule has 1 heterocycles. The Morgan fingerprint density at radius 1 is 1.42 bits per heavy atom. The van der Waals surface area contributed by atoms with Gasteiger partial charge in [-0.15, -0.1) is 0 Å². The fourth-order valence-corrected chi connectivity index (χ4v) is 2.84. The summed E-state index contributed by atoms with van der Waals surface area (Å²) >= 11 is 9.26. The molecule has 0 amide bonds. The van der Waals surface area contributed by atoms with Crippen molar-refractivity contribution in [1.29, 1.82) is 0 Å². The Hall–Kier alpha value is -1.12. The molecule has 0 unspecified atom stereocenters. The van der Waals surface area contributed by atoms with Crippen molar-refractivity contribution in [3.63, 3.8) is 0 Å². The number of ether oxygens (including phenoxy) is 1. The topological polar surface area (TPSA) is 67.2 Å². The Labute approximate surface area is 171 Å². The maximum Gasteiger partial charge on any atom is 1.00 e. The predicted molar refractivity (Wildman–Crippen MR) is 84.2 cm³/mol. The van der Waals surface area contributed by atoms with E-state index in [0.717, 1.165) is 0 Å². The monoisotopic (exact) mass is 420 g/mol. The van der Waals surface area contributed by atoms with Crippen molar-refractivity contribution < 1.29 is 48.6 Å². The molecule has 0 N–H and O–H groups in total. The summed E-state index contributed by atoms with van der Waals surface area (Å²) < 4.78 is 22.3. The summed E-state index contributed by atoms with van der Waals surface area (Å²) in [5.74, 6) is -2.82. The molecule has 0 saturated heterocycles. The third-order valence-corrected chi connectivity index (χ3v) is 4.03. The summed E-state index contributed by atoms with van der Waals surface area (Å²) in [6.45, 7) is 0. The van der Waals surface area contributed by atoms with Crippen molar-refractivity contribution >= 4 is 44.5 Å². The zero-order valence-electron chi connectivity index (χ0n) is 12.6. The van der Waals surface area contributed by atoms with Crippen LogP contribution >= 0.6 is 27.5 Å². The van der Waals surface area contributed by atoms with Gasteiger partial charge in [0.1, 0.15) is 11.3 Å². The third kappa shape index (κ3) is 3.45. The van der Waals surface area contributed by atoms with E-state index in [-0.39, 0.29) is 45.8 Å². The first-order chi connectivity index (χ1) is 10.9. The number of aromatic carboxylic acids is 1. The van der Waals surface area contributed by atoms with Gasteiger partial charge in [0.25, 0.3) is 0 Å². The Bertz CT molecular complexity index is 948. The molecular weight excluding hydrogens is 414 g/mol. The number of rotatable bonds is 3. The molecule has 5 nitrogen and oxygen atoms in total. The van der Waals surface area contributed by atoms with Crippen LogP contribution in [0.3, 0.4) is 0 Å². The van der Waals surface area contributed by atoms with Gasteiger partial charge in [-0.3, -0.25) is 0 Å². The summed E-state index contributed by atoms with van der Waals surface area (Å²) in [6, 6.07) is 5.93. The van der Waals surface area contributed by atoms with Gasteiger partial charge in [0, 0.05) is 17.1 Å². The molecule has 1 aromatic heterocycles. The summed E-state index contributed by atoms with van der Waals surface area (Å²) in [4.78, 5) is 15.3. The second-order valence-electron chi connectivity index (χ2n) is 4.75. The first-order valence-electron chi connectivity index (χ1n) is 6.36. The molecule has 2 aromatic carbocycles. The zero-order chi connectivity index (χ0) is 16.7. The summed E-state index contributed by atoms with van der Waals surface area (Å²) in [6.07, 6.45) is 1.38. The van der Waals surface area contributed by atoms with E-state index in [0.29, 0.717) is 9.99 Å². The van der Waals surface area contributed by atoms with Crippen molar-refractivity contribution in [2.75, 3.05) is 0 Å². The second kappa shape index (κ2) is 7.41. The summed E-state index contributed by atoms with van der Waals surface area (Å²) in [5.41, 5.74) is -0.103. The van der Waals surface area contributed by atoms with Crippen molar-refractivity contribution in [2.24, 2.45) is 7.05 Å². The third-order valence-electron chi connectivity index (χ3n) is 3.24. The Morgan fingerprint density at radius 3 is 2.75 bits per heavy atom. The van der Waals surface area contributed by atoms with Gasteiger partial charge in [-0.2, -0.15) is 0 Å². The molecule has 0 saturated carbocycles. The molecule has 3 rings (SSSR count). The first kappa shape index (κ1) is 19.2. The van der Waals surface area contributed by atoms with Crippen molar-refractivity contribution in [3.8, 4) is 11.5 Å². The normalized spacial score (nSPS) is 10.5. The van der Waals surface area contributed by atoms with Gasteiger partial charge in [0.15, 0.2) is 11.6 Å². The number of hydrogen-bond donors (Lipinski definition) is 0. The number of hydrogen-bond acceptors (Lipinski definition) is 4. The van der Waals surface area contributed by atoms with Crippen LogP contribution in [0.2, 0.25) is 5.02 Å². The molecule has 0 fully saturated rings. The van der Waals surface area contributed by atoms with Crippen molar-refractivity contribution in [1.82, 2.24) is 9.55 Å². The number of carbonyl (C=O) groups is 1. The number of carboxylic acids is 1. The van der Waals surface area contributed by atoms with E-state index in [1.54, 1.807) is 19.2 Å².